The summed E-state index contributed by atoms with van der Waals surface area (Å²) in [6.45, 7) is 0. The molecular formula is C15H13ClN2O2. The Morgan fingerprint density at radius 1 is 1.30 bits per heavy atom. The number of pyridine rings is 1. The molecule has 3 rings (SSSR count). The van der Waals surface area contributed by atoms with E-state index in [4.69, 9.17) is 16.3 Å². The standard InChI is InChI=1S/C15H13ClN2O2/c1-20-14-7-2-9(8-17-14)10-3-5-12-11(15(10)16)4-6-13(19)18-12/h2-8,13,18-19H,1H3. The molecule has 1 aliphatic heterocycles. The van der Waals surface area contributed by atoms with Crippen LogP contribution in [-0.4, -0.2) is 23.4 Å². The molecule has 0 radical (unpaired) electrons. The molecule has 1 aromatic carbocycles. The van der Waals surface area contributed by atoms with Crippen molar-refractivity contribution in [1.82, 2.24) is 4.98 Å². The lowest BCUT2D eigenvalue weighted by Crippen LogP contribution is -2.18. The lowest BCUT2D eigenvalue weighted by Gasteiger charge is -2.20. The van der Waals surface area contributed by atoms with Crippen molar-refractivity contribution in [3.8, 4) is 17.0 Å². The van der Waals surface area contributed by atoms with Crippen LogP contribution in [0, 0.1) is 0 Å². The van der Waals surface area contributed by atoms with Gasteiger partial charge >= 0.3 is 0 Å². The SMILES string of the molecule is COc1ccc(-c2ccc3c(c2Cl)C=CC(O)N3)cn1. The molecule has 2 heterocycles. The molecule has 0 spiro atoms. The van der Waals surface area contributed by atoms with Crippen LogP contribution >= 0.6 is 11.6 Å². The second kappa shape index (κ2) is 5.15. The number of aliphatic hydroxyl groups excluding tert-OH is 1. The number of nitrogens with one attached hydrogen (secondary N) is 1. The Bertz CT molecular complexity index is 668. The van der Waals surface area contributed by atoms with E-state index in [-0.39, 0.29) is 0 Å². The molecule has 1 aromatic heterocycles. The fourth-order valence-corrected chi connectivity index (χ4v) is 2.50. The summed E-state index contributed by atoms with van der Waals surface area (Å²) in [7, 11) is 1.58. The summed E-state index contributed by atoms with van der Waals surface area (Å²) in [6.07, 6.45) is 4.53. The molecule has 0 amide bonds. The first kappa shape index (κ1) is 13.0. The van der Waals surface area contributed by atoms with Gasteiger partial charge < -0.3 is 15.2 Å². The first-order valence-corrected chi connectivity index (χ1v) is 6.52. The van der Waals surface area contributed by atoms with Gasteiger partial charge in [-0.15, -0.1) is 0 Å². The molecule has 0 bridgehead atoms. The molecule has 20 heavy (non-hydrogen) atoms. The molecule has 0 saturated carbocycles. The minimum Gasteiger partial charge on any atom is -0.481 e. The summed E-state index contributed by atoms with van der Waals surface area (Å²) >= 11 is 6.45. The summed E-state index contributed by atoms with van der Waals surface area (Å²) < 4.78 is 5.04. The van der Waals surface area contributed by atoms with E-state index in [1.165, 1.54) is 0 Å². The minimum absolute atomic E-state index is 0.563. The van der Waals surface area contributed by atoms with Crippen LogP contribution in [0.2, 0.25) is 5.02 Å². The topological polar surface area (TPSA) is 54.4 Å². The van der Waals surface area contributed by atoms with E-state index in [0.717, 1.165) is 22.4 Å². The molecular weight excluding hydrogens is 276 g/mol. The molecule has 2 aromatic rings. The molecule has 1 aliphatic rings. The van der Waals surface area contributed by atoms with Crippen LogP contribution < -0.4 is 10.1 Å². The third-order valence-corrected chi connectivity index (χ3v) is 3.59. The maximum absolute atomic E-state index is 9.53. The second-order valence-electron chi connectivity index (χ2n) is 4.43. The monoisotopic (exact) mass is 288 g/mol. The Kier molecular flexibility index (Phi) is 3.34. The van der Waals surface area contributed by atoms with Gasteiger partial charge in [-0.25, -0.2) is 4.98 Å². The van der Waals surface area contributed by atoms with Crippen molar-refractivity contribution in [2.24, 2.45) is 0 Å². The van der Waals surface area contributed by atoms with Gasteiger partial charge in [-0.2, -0.15) is 0 Å². The van der Waals surface area contributed by atoms with Gasteiger partial charge in [0.15, 0.2) is 0 Å². The van der Waals surface area contributed by atoms with Gasteiger partial charge in [-0.3, -0.25) is 0 Å². The number of methoxy groups -OCH3 is 1. The normalized spacial score (nSPS) is 16.4. The molecule has 5 heteroatoms. The minimum atomic E-state index is -0.674. The van der Waals surface area contributed by atoms with Crippen LogP contribution in [-0.2, 0) is 0 Å². The Morgan fingerprint density at radius 2 is 2.15 bits per heavy atom. The van der Waals surface area contributed by atoms with Gasteiger partial charge in [-0.1, -0.05) is 23.7 Å². The zero-order chi connectivity index (χ0) is 14.1. The molecule has 2 N–H and O–H groups in total. The van der Waals surface area contributed by atoms with Crippen molar-refractivity contribution >= 4 is 23.4 Å². The number of rotatable bonds is 2. The lowest BCUT2D eigenvalue weighted by molar-refractivity contribution is 0.252. The number of benzene rings is 1. The summed E-state index contributed by atoms with van der Waals surface area (Å²) in [5.74, 6) is 0.563. The van der Waals surface area contributed by atoms with Gasteiger partial charge in [0.1, 0.15) is 6.23 Å². The van der Waals surface area contributed by atoms with E-state index in [1.54, 1.807) is 25.4 Å². The summed E-state index contributed by atoms with van der Waals surface area (Å²) in [5, 5.41) is 13.1. The number of hydrogen-bond acceptors (Lipinski definition) is 4. The van der Waals surface area contributed by atoms with Crippen molar-refractivity contribution in [2.75, 3.05) is 12.4 Å². The molecule has 0 aliphatic carbocycles. The highest BCUT2D eigenvalue weighted by molar-refractivity contribution is 6.35. The predicted octanol–water partition coefficient (Wildman–Crippen LogP) is 3.17. The first-order chi connectivity index (χ1) is 9.69. The Balaban J connectivity index is 2.05. The number of fused-ring (bicyclic) bond motifs is 1. The predicted molar refractivity (Wildman–Crippen MR) is 79.9 cm³/mol. The largest absolute Gasteiger partial charge is 0.481 e. The van der Waals surface area contributed by atoms with Crippen molar-refractivity contribution in [1.29, 1.82) is 0 Å². The van der Waals surface area contributed by atoms with Crippen molar-refractivity contribution in [3.05, 3.63) is 47.1 Å². The third-order valence-electron chi connectivity index (χ3n) is 3.18. The number of anilines is 1. The zero-order valence-corrected chi connectivity index (χ0v) is 11.6. The van der Waals surface area contributed by atoms with Crippen LogP contribution in [0.1, 0.15) is 5.56 Å². The summed E-state index contributed by atoms with van der Waals surface area (Å²) in [6, 6.07) is 7.51. The third kappa shape index (κ3) is 2.24. The van der Waals surface area contributed by atoms with Crippen LogP contribution in [0.3, 0.4) is 0 Å². The number of halogens is 1. The van der Waals surface area contributed by atoms with E-state index in [1.807, 2.05) is 24.3 Å². The molecule has 0 saturated heterocycles. The van der Waals surface area contributed by atoms with Crippen LogP contribution in [0.5, 0.6) is 5.88 Å². The van der Waals surface area contributed by atoms with E-state index in [0.29, 0.717) is 10.9 Å². The molecule has 1 atom stereocenters. The highest BCUT2D eigenvalue weighted by atomic mass is 35.5. The number of aliphatic hydroxyl groups is 1. The van der Waals surface area contributed by atoms with Crippen LogP contribution in [0.4, 0.5) is 5.69 Å². The summed E-state index contributed by atoms with van der Waals surface area (Å²) in [4.78, 5) is 4.18. The van der Waals surface area contributed by atoms with Gasteiger partial charge in [-0.05, 0) is 18.2 Å². The quantitative estimate of drug-likeness (QED) is 0.891. The smallest absolute Gasteiger partial charge is 0.212 e. The molecule has 102 valence electrons. The number of ether oxygens (including phenoxy) is 1. The summed E-state index contributed by atoms with van der Waals surface area (Å²) in [5.41, 5.74) is 3.49. The van der Waals surface area contributed by atoms with E-state index in [2.05, 4.69) is 10.3 Å². The van der Waals surface area contributed by atoms with Gasteiger partial charge in [0.2, 0.25) is 5.88 Å². The average molecular weight is 289 g/mol. The number of nitrogens with zero attached hydrogens (tertiary/aromatic N) is 1. The number of hydrogen-bond donors (Lipinski definition) is 2. The van der Waals surface area contributed by atoms with Crippen molar-refractivity contribution < 1.29 is 9.84 Å². The molecule has 4 nitrogen and oxygen atoms in total. The van der Waals surface area contributed by atoms with E-state index in [9.17, 15) is 5.11 Å². The zero-order valence-electron chi connectivity index (χ0n) is 10.8. The van der Waals surface area contributed by atoms with Gasteiger partial charge in [0, 0.05) is 34.6 Å². The highest BCUT2D eigenvalue weighted by Gasteiger charge is 2.16. The first-order valence-electron chi connectivity index (χ1n) is 6.15. The molecule has 0 fully saturated rings. The lowest BCUT2D eigenvalue weighted by atomic mass is 10.0. The van der Waals surface area contributed by atoms with Crippen LogP contribution in [0.25, 0.3) is 17.2 Å². The fourth-order valence-electron chi connectivity index (χ4n) is 2.16. The van der Waals surface area contributed by atoms with Crippen molar-refractivity contribution in [2.45, 2.75) is 6.23 Å². The Labute approximate surface area is 121 Å². The number of aromatic nitrogens is 1. The maximum atomic E-state index is 9.53. The van der Waals surface area contributed by atoms with Gasteiger partial charge in [0.05, 0.1) is 12.1 Å². The van der Waals surface area contributed by atoms with Crippen molar-refractivity contribution in [3.63, 3.8) is 0 Å². The Hall–Kier alpha value is -2.04. The van der Waals surface area contributed by atoms with Crippen LogP contribution in [0.15, 0.2) is 36.5 Å². The van der Waals surface area contributed by atoms with Gasteiger partial charge in [0.25, 0.3) is 0 Å². The second-order valence-corrected chi connectivity index (χ2v) is 4.80. The highest BCUT2D eigenvalue weighted by Crippen LogP contribution is 2.37. The maximum Gasteiger partial charge on any atom is 0.212 e. The van der Waals surface area contributed by atoms with E-state index < -0.39 is 6.23 Å². The average Bonchev–Trinajstić information content (AvgIpc) is 2.48. The Morgan fingerprint density at radius 3 is 2.85 bits per heavy atom. The molecule has 1 unspecified atom stereocenters. The van der Waals surface area contributed by atoms with E-state index >= 15 is 0 Å². The fraction of sp³-hybridized carbons (Fsp3) is 0.133.